The molecule has 0 saturated carbocycles. The smallest absolute Gasteiger partial charge is 0.357 e. The van der Waals surface area contributed by atoms with Gasteiger partial charge in [0.1, 0.15) is 5.82 Å². The number of hydrogen-bond donors (Lipinski definition) is 3. The van der Waals surface area contributed by atoms with Gasteiger partial charge in [0, 0.05) is 22.8 Å². The summed E-state index contributed by atoms with van der Waals surface area (Å²) in [6.07, 6.45) is 2.09. The number of thiophene rings is 1. The van der Waals surface area contributed by atoms with Gasteiger partial charge in [-0.25, -0.2) is 9.18 Å². The van der Waals surface area contributed by atoms with Gasteiger partial charge >= 0.3 is 5.97 Å². The number of anilines is 1. The normalized spacial score (nSPS) is 17.3. The number of aromatic nitrogens is 2. The first-order chi connectivity index (χ1) is 12.6. The van der Waals surface area contributed by atoms with Gasteiger partial charge in [0.2, 0.25) is 0 Å². The lowest BCUT2D eigenvalue weighted by Crippen LogP contribution is -2.38. The van der Waals surface area contributed by atoms with Gasteiger partial charge in [-0.3, -0.25) is 0 Å². The van der Waals surface area contributed by atoms with Crippen LogP contribution in [0.5, 0.6) is 0 Å². The lowest BCUT2D eigenvalue weighted by atomic mass is 10.1. The van der Waals surface area contributed by atoms with Gasteiger partial charge in [0.05, 0.1) is 4.70 Å². The fourth-order valence-electron chi connectivity index (χ4n) is 3.11. The summed E-state index contributed by atoms with van der Waals surface area (Å²) < 4.78 is 13.8. The van der Waals surface area contributed by atoms with Crippen LogP contribution in [0.25, 0.3) is 20.5 Å². The number of rotatable bonds is 4. The highest BCUT2D eigenvalue weighted by atomic mass is 32.1. The number of carbonyl (C=O) groups is 1. The average Bonchev–Trinajstić information content (AvgIpc) is 3.09. The molecule has 1 unspecified atom stereocenters. The Morgan fingerprint density at radius 1 is 1.31 bits per heavy atom. The quantitative estimate of drug-likeness (QED) is 0.651. The lowest BCUT2D eigenvalue weighted by molar-refractivity contribution is 0.0692. The molecule has 1 aromatic carbocycles. The summed E-state index contributed by atoms with van der Waals surface area (Å²) in [6.45, 7) is 1.84. The number of benzene rings is 1. The highest BCUT2D eigenvalue weighted by Crippen LogP contribution is 2.37. The van der Waals surface area contributed by atoms with Crippen LogP contribution in [0.15, 0.2) is 30.3 Å². The topological polar surface area (TPSA) is 87.1 Å². The van der Waals surface area contributed by atoms with E-state index in [-0.39, 0.29) is 17.6 Å². The number of halogens is 1. The molecule has 0 bridgehead atoms. The van der Waals surface area contributed by atoms with Crippen LogP contribution in [0.1, 0.15) is 23.3 Å². The van der Waals surface area contributed by atoms with Gasteiger partial charge in [-0.2, -0.15) is 0 Å². The lowest BCUT2D eigenvalue weighted by Gasteiger charge is -2.24. The van der Waals surface area contributed by atoms with Gasteiger partial charge in [0.25, 0.3) is 0 Å². The molecule has 1 aliphatic heterocycles. The summed E-state index contributed by atoms with van der Waals surface area (Å²) in [5.41, 5.74) is 0.764. The molecule has 3 aromatic rings. The van der Waals surface area contributed by atoms with Crippen molar-refractivity contribution in [3.8, 4) is 10.4 Å². The van der Waals surface area contributed by atoms with Gasteiger partial charge < -0.3 is 15.7 Å². The van der Waals surface area contributed by atoms with Crippen LogP contribution >= 0.6 is 11.3 Å². The monoisotopic (exact) mass is 372 g/mol. The third kappa shape index (κ3) is 3.25. The van der Waals surface area contributed by atoms with Gasteiger partial charge in [0.15, 0.2) is 11.5 Å². The first-order valence-electron chi connectivity index (χ1n) is 8.38. The molecule has 3 heterocycles. The summed E-state index contributed by atoms with van der Waals surface area (Å²) in [5.74, 6) is -0.833. The standard InChI is InChI=1S/C18H17FN4O2S/c19-11-5-3-10(4-6-11)14-8-13-16(26-14)15(18(24)25)22-23-17(13)21-12-2-1-7-20-9-12/h3-6,8,12,20H,1-2,7,9H2,(H,21,23)(H,24,25). The number of carboxylic acid groups (broad SMARTS) is 1. The largest absolute Gasteiger partial charge is 0.476 e. The van der Waals surface area contributed by atoms with E-state index in [0.29, 0.717) is 10.5 Å². The Morgan fingerprint density at radius 2 is 2.12 bits per heavy atom. The van der Waals surface area contributed by atoms with Crippen molar-refractivity contribution in [1.29, 1.82) is 0 Å². The molecule has 0 amide bonds. The summed E-state index contributed by atoms with van der Waals surface area (Å²) in [4.78, 5) is 12.4. The molecule has 0 aliphatic carbocycles. The van der Waals surface area contributed by atoms with Gasteiger partial charge in [-0.1, -0.05) is 12.1 Å². The van der Waals surface area contributed by atoms with Crippen LogP contribution in [0, 0.1) is 5.82 Å². The average molecular weight is 372 g/mol. The molecule has 2 aromatic heterocycles. The van der Waals surface area contributed by atoms with E-state index in [0.717, 1.165) is 41.8 Å². The van der Waals surface area contributed by atoms with E-state index in [1.807, 2.05) is 6.07 Å². The first kappa shape index (κ1) is 16.9. The molecule has 0 spiro atoms. The van der Waals surface area contributed by atoms with E-state index < -0.39 is 5.97 Å². The number of hydrogen-bond acceptors (Lipinski definition) is 6. The Morgan fingerprint density at radius 3 is 2.81 bits per heavy atom. The van der Waals surface area contributed by atoms with E-state index in [1.165, 1.54) is 23.5 Å². The molecule has 6 nitrogen and oxygen atoms in total. The van der Waals surface area contributed by atoms with E-state index in [2.05, 4.69) is 20.8 Å². The van der Waals surface area contributed by atoms with E-state index in [4.69, 9.17) is 0 Å². The predicted octanol–water partition coefficient (Wildman–Crippen LogP) is 3.36. The molecular weight excluding hydrogens is 355 g/mol. The van der Waals surface area contributed by atoms with Crippen LogP contribution in [0.3, 0.4) is 0 Å². The molecule has 134 valence electrons. The minimum atomic E-state index is -1.11. The van der Waals surface area contributed by atoms with Crippen molar-refractivity contribution in [2.75, 3.05) is 18.4 Å². The SMILES string of the molecule is O=C(O)c1nnc(NC2CCCNC2)c2cc(-c3ccc(F)cc3)sc12. The molecule has 1 fully saturated rings. The van der Waals surface area contributed by atoms with Crippen LogP contribution in [0.2, 0.25) is 0 Å². The molecule has 0 radical (unpaired) electrons. The van der Waals surface area contributed by atoms with E-state index in [1.54, 1.807) is 12.1 Å². The zero-order valence-electron chi connectivity index (χ0n) is 13.8. The van der Waals surface area contributed by atoms with Crippen molar-refractivity contribution in [1.82, 2.24) is 15.5 Å². The number of aromatic carboxylic acids is 1. The number of fused-ring (bicyclic) bond motifs is 1. The Balaban J connectivity index is 1.78. The Labute approximate surface area is 153 Å². The number of carboxylic acids is 1. The van der Waals surface area contributed by atoms with Gasteiger partial charge in [-0.05, 0) is 43.1 Å². The maximum atomic E-state index is 13.2. The van der Waals surface area contributed by atoms with E-state index in [9.17, 15) is 14.3 Å². The summed E-state index contributed by atoms with van der Waals surface area (Å²) in [6, 6.07) is 8.26. The fourth-order valence-corrected chi connectivity index (χ4v) is 4.25. The second kappa shape index (κ2) is 6.97. The molecular formula is C18H17FN4O2S. The summed E-state index contributed by atoms with van der Waals surface area (Å²) >= 11 is 1.33. The fraction of sp³-hybridized carbons (Fsp3) is 0.278. The molecule has 1 aliphatic rings. The Kier molecular flexibility index (Phi) is 4.52. The van der Waals surface area contributed by atoms with Crippen molar-refractivity contribution in [2.24, 2.45) is 0 Å². The highest BCUT2D eigenvalue weighted by molar-refractivity contribution is 7.22. The molecule has 4 rings (SSSR count). The maximum absolute atomic E-state index is 13.2. The highest BCUT2D eigenvalue weighted by Gasteiger charge is 2.21. The minimum Gasteiger partial charge on any atom is -0.476 e. The zero-order valence-corrected chi connectivity index (χ0v) is 14.6. The van der Waals surface area contributed by atoms with Crippen LogP contribution in [-0.4, -0.2) is 40.4 Å². The Hall–Kier alpha value is -2.58. The third-order valence-electron chi connectivity index (χ3n) is 4.42. The van der Waals surface area contributed by atoms with Crippen LogP contribution < -0.4 is 10.6 Å². The van der Waals surface area contributed by atoms with Crippen LogP contribution in [0.4, 0.5) is 10.2 Å². The summed E-state index contributed by atoms with van der Waals surface area (Å²) in [7, 11) is 0. The second-order valence-corrected chi connectivity index (χ2v) is 7.30. The third-order valence-corrected chi connectivity index (χ3v) is 5.61. The van der Waals surface area contributed by atoms with Crippen molar-refractivity contribution < 1.29 is 14.3 Å². The predicted molar refractivity (Wildman–Crippen MR) is 99.3 cm³/mol. The molecule has 8 heteroatoms. The maximum Gasteiger partial charge on any atom is 0.357 e. The summed E-state index contributed by atoms with van der Waals surface area (Å²) in [5, 5.41) is 24.9. The van der Waals surface area contributed by atoms with Crippen molar-refractivity contribution >= 4 is 33.2 Å². The Bertz CT molecular complexity index is 952. The number of nitrogens with zero attached hydrogens (tertiary/aromatic N) is 2. The second-order valence-electron chi connectivity index (χ2n) is 6.25. The van der Waals surface area contributed by atoms with Crippen molar-refractivity contribution in [3.05, 3.63) is 41.8 Å². The number of piperidine rings is 1. The minimum absolute atomic E-state index is 0.0642. The zero-order chi connectivity index (χ0) is 18.1. The van der Waals surface area contributed by atoms with E-state index >= 15 is 0 Å². The van der Waals surface area contributed by atoms with Crippen molar-refractivity contribution in [2.45, 2.75) is 18.9 Å². The van der Waals surface area contributed by atoms with Crippen LogP contribution in [-0.2, 0) is 0 Å². The molecule has 1 atom stereocenters. The first-order valence-corrected chi connectivity index (χ1v) is 9.20. The molecule has 1 saturated heterocycles. The molecule has 3 N–H and O–H groups in total. The van der Waals surface area contributed by atoms with Crippen molar-refractivity contribution in [3.63, 3.8) is 0 Å². The molecule has 26 heavy (non-hydrogen) atoms. The number of nitrogens with one attached hydrogen (secondary N) is 2. The van der Waals surface area contributed by atoms with Gasteiger partial charge in [-0.15, -0.1) is 21.5 Å².